The first-order chi connectivity index (χ1) is 26.5. The van der Waals surface area contributed by atoms with E-state index in [1.165, 1.54) is 0 Å². The minimum absolute atomic E-state index is 0.884. The molecule has 26 heteroatoms. The molecule has 0 amide bonds. The molecule has 0 saturated carbocycles. The smallest absolute Gasteiger partial charge is 0.187 e. The van der Waals surface area contributed by atoms with Crippen molar-refractivity contribution in [1.29, 1.82) is 0 Å². The molecule has 26 nitrogen and oxygen atoms in total. The van der Waals surface area contributed by atoms with Crippen molar-refractivity contribution in [1.82, 2.24) is 0 Å². The molecule has 0 aromatic carbocycles. The van der Waals surface area contributed by atoms with Crippen molar-refractivity contribution < 1.29 is 129 Å². The maximum Gasteiger partial charge on any atom is 0.187 e. The van der Waals surface area contributed by atoms with E-state index < -0.39 is 187 Å². The van der Waals surface area contributed by atoms with Crippen molar-refractivity contribution in [3.05, 3.63) is 0 Å². The van der Waals surface area contributed by atoms with E-state index in [1.54, 1.807) is 0 Å². The highest BCUT2D eigenvalue weighted by Gasteiger charge is 2.57. The zero-order valence-electron chi connectivity index (χ0n) is 29.2. The van der Waals surface area contributed by atoms with E-state index in [2.05, 4.69) is 0 Å². The molecule has 5 fully saturated rings. The summed E-state index contributed by atoms with van der Waals surface area (Å²) in [5.41, 5.74) is 0. The molecule has 56 heavy (non-hydrogen) atoms. The molecule has 5 rings (SSSR count). The third kappa shape index (κ3) is 9.16. The topological polar surface area (TPSA) is 427 Å². The minimum Gasteiger partial charge on any atom is -0.394 e. The van der Waals surface area contributed by atoms with Gasteiger partial charge in [0.05, 0.1) is 33.0 Å². The van der Waals surface area contributed by atoms with Gasteiger partial charge in [0.25, 0.3) is 0 Å². The van der Waals surface area contributed by atoms with Gasteiger partial charge < -0.3 is 129 Å². The zero-order chi connectivity index (χ0) is 41.3. The Morgan fingerprint density at radius 1 is 0.268 bits per heavy atom. The van der Waals surface area contributed by atoms with Crippen LogP contribution in [0.4, 0.5) is 0 Å². The summed E-state index contributed by atoms with van der Waals surface area (Å²) in [6, 6.07) is 0. The third-order valence-electron chi connectivity index (χ3n) is 10.3. The Kier molecular flexibility index (Phi) is 16.1. The molecule has 25 atom stereocenters. The van der Waals surface area contributed by atoms with Crippen LogP contribution in [0.2, 0.25) is 0 Å². The van der Waals surface area contributed by atoms with Crippen molar-refractivity contribution in [3.63, 3.8) is 0 Å². The summed E-state index contributed by atoms with van der Waals surface area (Å²) < 4.78 is 50.2. The highest BCUT2D eigenvalue weighted by Crippen LogP contribution is 2.37. The van der Waals surface area contributed by atoms with Gasteiger partial charge in [0.2, 0.25) is 0 Å². The Morgan fingerprint density at radius 2 is 0.607 bits per heavy atom. The van der Waals surface area contributed by atoms with E-state index in [1.807, 2.05) is 0 Å². The maximum absolute atomic E-state index is 11.9. The van der Waals surface area contributed by atoms with Gasteiger partial charge in [0.15, 0.2) is 31.5 Å². The zero-order valence-corrected chi connectivity index (χ0v) is 29.2. The van der Waals surface area contributed by atoms with E-state index in [9.17, 15) is 86.8 Å². The van der Waals surface area contributed by atoms with Crippen molar-refractivity contribution in [3.8, 4) is 0 Å². The summed E-state index contributed by atoms with van der Waals surface area (Å²) in [6.45, 7) is -4.70. The molecule has 328 valence electrons. The molecule has 0 spiro atoms. The normalized spacial score (nSPS) is 53.2. The van der Waals surface area contributed by atoms with Crippen molar-refractivity contribution >= 4 is 0 Å². The minimum atomic E-state index is -2.21. The first-order valence-electron chi connectivity index (χ1n) is 17.6. The van der Waals surface area contributed by atoms with E-state index >= 15 is 0 Å². The van der Waals surface area contributed by atoms with Gasteiger partial charge in [-0.1, -0.05) is 0 Å². The number of aliphatic hydroxyl groups is 17. The predicted molar refractivity (Wildman–Crippen MR) is 167 cm³/mol. The first kappa shape index (κ1) is 46.0. The summed E-state index contributed by atoms with van der Waals surface area (Å²) >= 11 is 0. The van der Waals surface area contributed by atoms with Gasteiger partial charge >= 0.3 is 0 Å². The van der Waals surface area contributed by atoms with Gasteiger partial charge in [-0.15, -0.1) is 0 Å². The van der Waals surface area contributed by atoms with Crippen LogP contribution in [0.1, 0.15) is 0 Å². The second-order valence-corrected chi connectivity index (χ2v) is 13.9. The molecule has 0 aromatic rings. The molecule has 0 aromatic heterocycles. The van der Waals surface area contributed by atoms with E-state index in [0.717, 1.165) is 0 Å². The molecule has 5 aliphatic heterocycles. The van der Waals surface area contributed by atoms with Crippen LogP contribution in [-0.4, -0.2) is 273 Å². The van der Waals surface area contributed by atoms with Crippen molar-refractivity contribution in [2.75, 3.05) is 33.0 Å². The van der Waals surface area contributed by atoms with Gasteiger partial charge in [-0.3, -0.25) is 0 Å². The fraction of sp³-hybridized carbons (Fsp3) is 1.00. The lowest BCUT2D eigenvalue weighted by molar-refractivity contribution is -0.411. The quantitative estimate of drug-likeness (QED) is 0.0819. The Morgan fingerprint density at radius 3 is 1.07 bits per heavy atom. The molecule has 0 bridgehead atoms. The molecule has 5 aliphatic rings. The molecule has 5 saturated heterocycles. The number of rotatable bonds is 13. The van der Waals surface area contributed by atoms with Gasteiger partial charge in [0.1, 0.15) is 122 Å². The monoisotopic (exact) mass is 828 g/mol. The van der Waals surface area contributed by atoms with Gasteiger partial charge in [0, 0.05) is 0 Å². The number of aliphatic hydroxyl groups excluding tert-OH is 17. The third-order valence-corrected chi connectivity index (χ3v) is 10.3. The van der Waals surface area contributed by atoms with Crippen LogP contribution in [0.5, 0.6) is 0 Å². The average molecular weight is 829 g/mol. The highest BCUT2D eigenvalue weighted by molar-refractivity contribution is 4.99. The summed E-state index contributed by atoms with van der Waals surface area (Å²) in [5, 5.41) is 177. The number of ether oxygens (including phenoxy) is 9. The number of hydrogen-bond acceptors (Lipinski definition) is 26. The van der Waals surface area contributed by atoms with Crippen LogP contribution < -0.4 is 0 Å². The molecular weight excluding hydrogens is 776 g/mol. The fourth-order valence-corrected chi connectivity index (χ4v) is 6.98. The van der Waals surface area contributed by atoms with Crippen LogP contribution in [0.25, 0.3) is 0 Å². The van der Waals surface area contributed by atoms with Crippen molar-refractivity contribution in [2.24, 2.45) is 0 Å². The highest BCUT2D eigenvalue weighted by atomic mass is 16.8. The maximum atomic E-state index is 11.9. The Labute approximate surface area is 316 Å². The van der Waals surface area contributed by atoms with Crippen LogP contribution in [0, 0.1) is 0 Å². The standard InChI is InChI=1S/C30H52O26/c31-1-6-11(36)15(40)18(43)27(49-6)53-22-10(5-35)52-30(54-23-14(39)9(4-34)48-26(47)21(23)46)25(20(22)45)56-29-24(17(42)13(38)8(3-33)51-29)55-28-19(44)16(41)12(37)7(2-32)50-28/h6-47H,1-5H2/t6-,7-,8-,9-,10-,11+,12+,13+,14-,15+,16+,17+,18-,19-,20+,21-,22-,23+,24-,25-,26+,27+,28-,29-,30-/m1/s1. The SMILES string of the molecule is OC[C@H]1O[C@@H](O[C@H]2[C@H](O)[C@@H](O[C@H]3O[C@H](CO)[C@H](O)[C@H](O)[C@H]3O[C@H]3O[C@H](CO)[C@H](O)[C@H](O)[C@H]3O)[C@@H](O[C@@H]3[C@@H](O)[C@@H](O)O[C@H](CO)[C@H]3O)O[C@@H]2CO)[C@H](O)[C@@H](O)[C@H]1O. The summed E-state index contributed by atoms with van der Waals surface area (Å²) in [7, 11) is 0. The second kappa shape index (κ2) is 19.6. The summed E-state index contributed by atoms with van der Waals surface area (Å²) in [6.07, 6.45) is -48.2. The van der Waals surface area contributed by atoms with E-state index in [0.29, 0.717) is 0 Å². The van der Waals surface area contributed by atoms with Crippen LogP contribution in [-0.2, 0) is 42.6 Å². The van der Waals surface area contributed by atoms with E-state index in [4.69, 9.17) is 42.6 Å². The van der Waals surface area contributed by atoms with Crippen LogP contribution >= 0.6 is 0 Å². The van der Waals surface area contributed by atoms with Gasteiger partial charge in [-0.2, -0.15) is 0 Å². The Hall–Kier alpha value is -1.04. The summed E-state index contributed by atoms with van der Waals surface area (Å²) in [4.78, 5) is 0. The summed E-state index contributed by atoms with van der Waals surface area (Å²) in [5.74, 6) is 0. The van der Waals surface area contributed by atoms with Crippen LogP contribution in [0.3, 0.4) is 0 Å². The molecule has 0 radical (unpaired) electrons. The van der Waals surface area contributed by atoms with E-state index in [-0.39, 0.29) is 0 Å². The van der Waals surface area contributed by atoms with Gasteiger partial charge in [-0.25, -0.2) is 0 Å². The Bertz CT molecular complexity index is 1200. The fourth-order valence-electron chi connectivity index (χ4n) is 6.98. The molecule has 5 heterocycles. The molecular formula is C30H52O26. The Balaban J connectivity index is 1.50. The lowest BCUT2D eigenvalue weighted by atomic mass is 9.95. The average Bonchev–Trinajstić information content (AvgIpc) is 3.19. The molecule has 17 N–H and O–H groups in total. The first-order valence-corrected chi connectivity index (χ1v) is 17.6. The lowest BCUT2D eigenvalue weighted by Crippen LogP contribution is -2.69. The predicted octanol–water partition coefficient (Wildman–Crippen LogP) is -11.9. The molecule has 0 unspecified atom stereocenters. The number of hydrogen-bond donors (Lipinski definition) is 17. The van der Waals surface area contributed by atoms with Gasteiger partial charge in [-0.05, 0) is 0 Å². The molecule has 0 aliphatic carbocycles. The van der Waals surface area contributed by atoms with Crippen molar-refractivity contribution in [2.45, 2.75) is 154 Å². The lowest BCUT2D eigenvalue weighted by Gasteiger charge is -2.50. The largest absolute Gasteiger partial charge is 0.394 e. The van der Waals surface area contributed by atoms with Crippen LogP contribution in [0.15, 0.2) is 0 Å². The second-order valence-electron chi connectivity index (χ2n) is 13.9.